The third-order valence-electron chi connectivity index (χ3n) is 7.79. The van der Waals surface area contributed by atoms with E-state index in [-0.39, 0.29) is 31.4 Å². The lowest BCUT2D eigenvalue weighted by molar-refractivity contribution is -0.118. The zero-order valence-electron chi connectivity index (χ0n) is 21.7. The van der Waals surface area contributed by atoms with Gasteiger partial charge in [-0.15, -0.1) is 0 Å². The third kappa shape index (κ3) is 4.68. The monoisotopic (exact) mass is 546 g/mol. The van der Waals surface area contributed by atoms with Gasteiger partial charge in [0.25, 0.3) is 5.91 Å². The first-order chi connectivity index (χ1) is 19.5. The fraction of sp³-hybridized carbons (Fsp3) is 0.367. The molecule has 5 unspecified atom stereocenters. The summed E-state index contributed by atoms with van der Waals surface area (Å²) in [6.45, 7) is 0.443. The number of hydrogen-bond donors (Lipinski definition) is 3. The van der Waals surface area contributed by atoms with E-state index in [9.17, 15) is 24.6 Å². The van der Waals surface area contributed by atoms with Crippen molar-refractivity contribution in [1.29, 1.82) is 0 Å². The second-order valence-electron chi connectivity index (χ2n) is 10.3. The van der Waals surface area contributed by atoms with Gasteiger partial charge in [-0.3, -0.25) is 9.59 Å². The first kappa shape index (κ1) is 26.2. The summed E-state index contributed by atoms with van der Waals surface area (Å²) in [7, 11) is 0. The SMILES string of the molecule is O=C(NCCO)C1=CC(N(CC2CCCO2)C(=O)c2cc3ccccc3oc2=O)C(O)C2Oc3ccccc3C12. The molecule has 0 saturated carbocycles. The number of ether oxygens (including phenoxy) is 2. The molecule has 10 nitrogen and oxygen atoms in total. The first-order valence-corrected chi connectivity index (χ1v) is 13.5. The molecule has 2 aromatic carbocycles. The average molecular weight is 547 g/mol. The lowest BCUT2D eigenvalue weighted by Crippen LogP contribution is -2.57. The van der Waals surface area contributed by atoms with Crippen LogP contribution >= 0.6 is 0 Å². The molecule has 2 aliphatic heterocycles. The van der Waals surface area contributed by atoms with Crippen molar-refractivity contribution in [3.05, 3.63) is 87.8 Å². The van der Waals surface area contributed by atoms with E-state index in [0.717, 1.165) is 12.0 Å². The Morgan fingerprint density at radius 2 is 1.90 bits per heavy atom. The van der Waals surface area contributed by atoms with Crippen molar-refractivity contribution in [2.75, 3.05) is 26.3 Å². The Hall–Kier alpha value is -3.99. The molecule has 40 heavy (non-hydrogen) atoms. The van der Waals surface area contributed by atoms with Gasteiger partial charge in [0.15, 0.2) is 0 Å². The Bertz CT molecular complexity index is 1530. The highest BCUT2D eigenvalue weighted by Crippen LogP contribution is 2.47. The number of benzene rings is 2. The number of amides is 2. The summed E-state index contributed by atoms with van der Waals surface area (Å²) < 4.78 is 17.4. The number of carbonyl (C=O) groups excluding carboxylic acids is 2. The molecule has 208 valence electrons. The lowest BCUT2D eigenvalue weighted by Gasteiger charge is -2.41. The molecule has 5 atom stereocenters. The van der Waals surface area contributed by atoms with Gasteiger partial charge in [-0.05, 0) is 37.1 Å². The molecule has 1 aromatic heterocycles. The van der Waals surface area contributed by atoms with E-state index in [1.54, 1.807) is 36.4 Å². The van der Waals surface area contributed by atoms with Gasteiger partial charge in [-0.2, -0.15) is 0 Å². The van der Waals surface area contributed by atoms with Crippen LogP contribution in [-0.2, 0) is 9.53 Å². The van der Waals surface area contributed by atoms with Gasteiger partial charge in [-0.1, -0.05) is 36.4 Å². The first-order valence-electron chi connectivity index (χ1n) is 13.5. The van der Waals surface area contributed by atoms with Crippen LogP contribution in [0.25, 0.3) is 11.0 Å². The van der Waals surface area contributed by atoms with Crippen molar-refractivity contribution in [2.45, 2.75) is 43.1 Å². The standard InChI is InChI=1S/C30H30N2O8/c33-12-11-31-28(35)20-15-22(26(34)27-25(20)19-8-2-4-10-24(19)39-27)32(16-18-7-5-13-38-18)29(36)21-14-17-6-1-3-9-23(17)40-30(21)37/h1-4,6,8-10,14-15,18,22,25-27,33-34H,5,7,11-13,16H2,(H,31,35). The molecule has 10 heteroatoms. The molecular weight excluding hydrogens is 516 g/mol. The molecule has 2 amide bonds. The number of aliphatic hydroxyl groups is 2. The molecular formula is C30H30N2O8. The fourth-order valence-electron chi connectivity index (χ4n) is 5.90. The van der Waals surface area contributed by atoms with E-state index in [2.05, 4.69) is 5.32 Å². The molecule has 0 radical (unpaired) electrons. The maximum atomic E-state index is 14.1. The smallest absolute Gasteiger partial charge is 0.349 e. The molecule has 3 aliphatic rings. The van der Waals surface area contributed by atoms with Gasteiger partial charge in [0.1, 0.15) is 29.1 Å². The van der Waals surface area contributed by atoms with Crippen LogP contribution in [0.4, 0.5) is 0 Å². The minimum atomic E-state index is -1.22. The summed E-state index contributed by atoms with van der Waals surface area (Å²) in [5.74, 6) is -1.10. The van der Waals surface area contributed by atoms with Crippen molar-refractivity contribution < 1.29 is 33.7 Å². The number of nitrogens with one attached hydrogen (secondary N) is 1. The van der Waals surface area contributed by atoms with Gasteiger partial charge in [0.2, 0.25) is 5.91 Å². The Morgan fingerprint density at radius 3 is 2.70 bits per heavy atom. The molecule has 1 fully saturated rings. The summed E-state index contributed by atoms with van der Waals surface area (Å²) in [4.78, 5) is 41.8. The summed E-state index contributed by atoms with van der Waals surface area (Å²) in [5.41, 5.74) is 0.451. The average Bonchev–Trinajstić information content (AvgIpc) is 3.63. The number of fused-ring (bicyclic) bond motifs is 4. The number of aliphatic hydroxyl groups excluding tert-OH is 2. The van der Waals surface area contributed by atoms with Crippen LogP contribution in [0.15, 0.2) is 75.5 Å². The second-order valence-corrected chi connectivity index (χ2v) is 10.3. The van der Waals surface area contributed by atoms with Gasteiger partial charge >= 0.3 is 5.63 Å². The number of hydrogen-bond acceptors (Lipinski definition) is 8. The van der Waals surface area contributed by atoms with E-state index in [1.165, 1.54) is 11.0 Å². The zero-order valence-corrected chi connectivity index (χ0v) is 21.7. The molecule has 0 spiro atoms. The lowest BCUT2D eigenvalue weighted by atomic mass is 9.77. The van der Waals surface area contributed by atoms with Crippen LogP contribution in [0.3, 0.4) is 0 Å². The topological polar surface area (TPSA) is 139 Å². The number of nitrogens with zero attached hydrogens (tertiary/aromatic N) is 1. The zero-order chi connectivity index (χ0) is 27.8. The van der Waals surface area contributed by atoms with Crippen LogP contribution < -0.4 is 15.7 Å². The molecule has 1 saturated heterocycles. The molecule has 6 rings (SSSR count). The van der Waals surface area contributed by atoms with Gasteiger partial charge in [-0.25, -0.2) is 4.79 Å². The van der Waals surface area contributed by atoms with Crippen LogP contribution in [0.2, 0.25) is 0 Å². The highest BCUT2D eigenvalue weighted by Gasteiger charge is 2.51. The van der Waals surface area contributed by atoms with Crippen LogP contribution in [0.5, 0.6) is 5.75 Å². The number of para-hydroxylation sites is 2. The van der Waals surface area contributed by atoms with Gasteiger partial charge in [0, 0.05) is 36.2 Å². The molecule has 3 heterocycles. The highest BCUT2D eigenvalue weighted by atomic mass is 16.5. The van der Waals surface area contributed by atoms with Crippen molar-refractivity contribution >= 4 is 22.8 Å². The largest absolute Gasteiger partial charge is 0.486 e. The van der Waals surface area contributed by atoms with E-state index < -0.39 is 41.6 Å². The second kappa shape index (κ2) is 10.9. The normalized spacial score (nSPS) is 25.1. The summed E-state index contributed by atoms with van der Waals surface area (Å²) in [5, 5.41) is 24.3. The van der Waals surface area contributed by atoms with E-state index in [4.69, 9.17) is 13.9 Å². The van der Waals surface area contributed by atoms with Crippen molar-refractivity contribution in [1.82, 2.24) is 10.2 Å². The summed E-state index contributed by atoms with van der Waals surface area (Å²) in [6, 6.07) is 14.6. The Morgan fingerprint density at radius 1 is 1.10 bits per heavy atom. The quantitative estimate of drug-likeness (QED) is 0.381. The highest BCUT2D eigenvalue weighted by molar-refractivity contribution is 5.98. The maximum absolute atomic E-state index is 14.1. The molecule has 3 aromatic rings. The predicted molar refractivity (Wildman–Crippen MR) is 144 cm³/mol. The van der Waals surface area contributed by atoms with Crippen LogP contribution in [0, 0.1) is 0 Å². The summed E-state index contributed by atoms with van der Waals surface area (Å²) in [6.07, 6.45) is 0.745. The minimum absolute atomic E-state index is 0.0416. The van der Waals surface area contributed by atoms with Gasteiger partial charge in [0.05, 0.1) is 24.7 Å². The van der Waals surface area contributed by atoms with Gasteiger partial charge < -0.3 is 34.3 Å². The predicted octanol–water partition coefficient (Wildman–Crippen LogP) is 1.74. The minimum Gasteiger partial charge on any atom is -0.486 e. The van der Waals surface area contributed by atoms with Crippen LogP contribution in [-0.4, -0.2) is 77.6 Å². The van der Waals surface area contributed by atoms with Crippen molar-refractivity contribution in [3.63, 3.8) is 0 Å². The Labute approximate surface area is 229 Å². The Kier molecular flexibility index (Phi) is 7.14. The third-order valence-corrected chi connectivity index (χ3v) is 7.79. The van der Waals surface area contributed by atoms with E-state index >= 15 is 0 Å². The summed E-state index contributed by atoms with van der Waals surface area (Å²) >= 11 is 0. The molecule has 1 aliphatic carbocycles. The van der Waals surface area contributed by atoms with E-state index in [1.807, 2.05) is 18.2 Å². The van der Waals surface area contributed by atoms with Crippen LogP contribution in [0.1, 0.15) is 34.7 Å². The number of rotatable bonds is 7. The van der Waals surface area contributed by atoms with Crippen molar-refractivity contribution in [2.24, 2.45) is 0 Å². The fourth-order valence-corrected chi connectivity index (χ4v) is 5.90. The maximum Gasteiger partial charge on any atom is 0.349 e. The molecule has 0 bridgehead atoms. The van der Waals surface area contributed by atoms with E-state index in [0.29, 0.717) is 35.3 Å². The number of carbonyl (C=O) groups is 2. The Balaban J connectivity index is 1.44. The van der Waals surface area contributed by atoms with Crippen molar-refractivity contribution in [3.8, 4) is 5.75 Å². The molecule has 3 N–H and O–H groups in total.